The summed E-state index contributed by atoms with van der Waals surface area (Å²) >= 11 is 0. The smallest absolute Gasteiger partial charge is 0.247 e. The average Bonchev–Trinajstić information content (AvgIpc) is 2.76. The molecule has 2 amide bonds. The molecule has 0 saturated carbocycles. The first-order valence-electron chi connectivity index (χ1n) is 10.1. The van der Waals surface area contributed by atoms with Gasteiger partial charge in [-0.25, -0.2) is 0 Å². The molecule has 3 atom stereocenters. The summed E-state index contributed by atoms with van der Waals surface area (Å²) in [7, 11) is 1.58. The number of anilines is 1. The van der Waals surface area contributed by atoms with Crippen LogP contribution in [0.15, 0.2) is 48.5 Å². The van der Waals surface area contributed by atoms with E-state index in [0.29, 0.717) is 24.4 Å². The van der Waals surface area contributed by atoms with E-state index in [2.05, 4.69) is 28.1 Å². The van der Waals surface area contributed by atoms with E-state index in [1.165, 1.54) is 11.1 Å². The molecule has 3 unspecified atom stereocenters. The van der Waals surface area contributed by atoms with Gasteiger partial charge in [0, 0.05) is 18.3 Å². The Morgan fingerprint density at radius 1 is 1.17 bits per heavy atom. The molecule has 0 aliphatic carbocycles. The molecule has 2 aromatic carbocycles. The summed E-state index contributed by atoms with van der Waals surface area (Å²) in [5.41, 5.74) is 3.03. The molecule has 0 spiro atoms. The van der Waals surface area contributed by atoms with E-state index < -0.39 is 6.04 Å². The van der Waals surface area contributed by atoms with Gasteiger partial charge in [0.1, 0.15) is 11.8 Å². The number of halogens is 1. The van der Waals surface area contributed by atoms with E-state index >= 15 is 0 Å². The van der Waals surface area contributed by atoms with Crippen molar-refractivity contribution in [1.29, 1.82) is 0 Å². The highest BCUT2D eigenvalue weighted by molar-refractivity contribution is 5.98. The summed E-state index contributed by atoms with van der Waals surface area (Å²) in [4.78, 5) is 25.9. The first-order chi connectivity index (χ1) is 14.0. The molecule has 3 rings (SSSR count). The standard InChI is InChI=1S/C23H29N3O3.ClH/c1-4-15(2)21(23(28)25-18-10-7-11-19(13-18)29-3)26-22(27)20-12-16-8-5-6-9-17(16)14-24-20;/h5-11,13,15,20-21,24H,4,12,14H2,1-3H3,(H,25,28)(H,26,27);1H. The molecule has 0 fully saturated rings. The molecule has 162 valence electrons. The molecule has 3 N–H and O–H groups in total. The highest BCUT2D eigenvalue weighted by Crippen LogP contribution is 2.19. The monoisotopic (exact) mass is 431 g/mol. The number of carbonyl (C=O) groups is 2. The van der Waals surface area contributed by atoms with E-state index in [0.717, 1.165) is 6.42 Å². The van der Waals surface area contributed by atoms with Crippen LogP contribution in [0.2, 0.25) is 0 Å². The highest BCUT2D eigenvalue weighted by atomic mass is 35.5. The minimum absolute atomic E-state index is 0. The highest BCUT2D eigenvalue weighted by Gasteiger charge is 2.30. The molecule has 1 aliphatic heterocycles. The van der Waals surface area contributed by atoms with Gasteiger partial charge in [0.15, 0.2) is 0 Å². The number of rotatable bonds is 7. The van der Waals surface area contributed by atoms with Gasteiger partial charge < -0.3 is 20.7 Å². The number of methoxy groups -OCH3 is 1. The lowest BCUT2D eigenvalue weighted by Crippen LogP contribution is -2.55. The fourth-order valence-electron chi connectivity index (χ4n) is 3.52. The van der Waals surface area contributed by atoms with Gasteiger partial charge in [0.25, 0.3) is 0 Å². The van der Waals surface area contributed by atoms with Gasteiger partial charge in [0.05, 0.1) is 13.2 Å². The Bertz CT molecular complexity index is 874. The lowest BCUT2D eigenvalue weighted by atomic mass is 9.94. The maximum atomic E-state index is 12.9. The molecule has 2 aromatic rings. The van der Waals surface area contributed by atoms with E-state index in [9.17, 15) is 9.59 Å². The topological polar surface area (TPSA) is 79.5 Å². The Balaban J connectivity index is 0.00000320. The summed E-state index contributed by atoms with van der Waals surface area (Å²) < 4.78 is 5.21. The Hall–Kier alpha value is -2.57. The van der Waals surface area contributed by atoms with Crippen LogP contribution >= 0.6 is 12.4 Å². The van der Waals surface area contributed by atoms with Crippen LogP contribution in [0, 0.1) is 5.92 Å². The van der Waals surface area contributed by atoms with Crippen molar-refractivity contribution >= 4 is 29.9 Å². The summed E-state index contributed by atoms with van der Waals surface area (Å²) in [5, 5.41) is 9.15. The number of ether oxygens (including phenoxy) is 1. The number of amides is 2. The molecule has 0 aromatic heterocycles. The molecule has 1 aliphatic rings. The third-order valence-electron chi connectivity index (χ3n) is 5.53. The number of carbonyl (C=O) groups excluding carboxylic acids is 2. The van der Waals surface area contributed by atoms with Crippen LogP contribution in [0.25, 0.3) is 0 Å². The zero-order valence-electron chi connectivity index (χ0n) is 17.6. The summed E-state index contributed by atoms with van der Waals surface area (Å²) in [5.74, 6) is 0.292. The summed E-state index contributed by atoms with van der Waals surface area (Å²) in [6.07, 6.45) is 1.39. The normalized spacial score (nSPS) is 17.0. The predicted molar refractivity (Wildman–Crippen MR) is 121 cm³/mol. The van der Waals surface area contributed by atoms with Gasteiger partial charge in [0.2, 0.25) is 11.8 Å². The Morgan fingerprint density at radius 2 is 1.90 bits per heavy atom. The zero-order valence-corrected chi connectivity index (χ0v) is 18.4. The van der Waals surface area contributed by atoms with E-state index in [1.807, 2.05) is 38.1 Å². The molecular weight excluding hydrogens is 402 g/mol. The van der Waals surface area contributed by atoms with Crippen molar-refractivity contribution in [3.8, 4) is 5.75 Å². The predicted octanol–water partition coefficient (Wildman–Crippen LogP) is 3.30. The van der Waals surface area contributed by atoms with E-state index in [-0.39, 0.29) is 36.2 Å². The molecule has 7 heteroatoms. The zero-order chi connectivity index (χ0) is 20.8. The van der Waals surface area contributed by atoms with Crippen LogP contribution < -0.4 is 20.7 Å². The molecular formula is C23H30ClN3O3. The minimum Gasteiger partial charge on any atom is -0.497 e. The summed E-state index contributed by atoms with van der Waals surface area (Å²) in [6.45, 7) is 4.63. The number of hydrogen-bond acceptors (Lipinski definition) is 4. The average molecular weight is 432 g/mol. The van der Waals surface area contributed by atoms with Crippen LogP contribution in [-0.4, -0.2) is 31.0 Å². The van der Waals surface area contributed by atoms with Crippen molar-refractivity contribution in [2.24, 2.45) is 5.92 Å². The van der Waals surface area contributed by atoms with Crippen LogP contribution in [0.5, 0.6) is 5.75 Å². The van der Waals surface area contributed by atoms with Crippen molar-refractivity contribution in [2.45, 2.75) is 45.3 Å². The molecule has 0 bridgehead atoms. The SMILES string of the molecule is CCC(C)C(NC(=O)C1Cc2ccccc2CN1)C(=O)Nc1cccc(OC)c1.Cl. The Labute approximate surface area is 184 Å². The van der Waals surface area contributed by atoms with Crippen LogP contribution in [0.1, 0.15) is 31.4 Å². The fourth-order valence-corrected chi connectivity index (χ4v) is 3.52. The molecule has 6 nitrogen and oxygen atoms in total. The molecule has 1 heterocycles. The van der Waals surface area contributed by atoms with Crippen LogP contribution in [0.3, 0.4) is 0 Å². The van der Waals surface area contributed by atoms with Crippen molar-refractivity contribution in [1.82, 2.24) is 10.6 Å². The van der Waals surface area contributed by atoms with E-state index in [4.69, 9.17) is 4.74 Å². The van der Waals surface area contributed by atoms with Gasteiger partial charge in [-0.1, -0.05) is 50.6 Å². The first-order valence-corrected chi connectivity index (χ1v) is 10.1. The minimum atomic E-state index is -0.613. The lowest BCUT2D eigenvalue weighted by molar-refractivity contribution is -0.129. The van der Waals surface area contributed by atoms with Crippen molar-refractivity contribution in [3.63, 3.8) is 0 Å². The first kappa shape index (κ1) is 23.7. The fraction of sp³-hybridized carbons (Fsp3) is 0.391. The van der Waals surface area contributed by atoms with Gasteiger partial charge >= 0.3 is 0 Å². The number of hydrogen-bond donors (Lipinski definition) is 3. The number of fused-ring (bicyclic) bond motifs is 1. The van der Waals surface area contributed by atoms with Crippen LogP contribution in [-0.2, 0) is 22.6 Å². The molecule has 0 saturated heterocycles. The lowest BCUT2D eigenvalue weighted by Gasteiger charge is -2.29. The van der Waals surface area contributed by atoms with Crippen molar-refractivity contribution in [3.05, 3.63) is 59.7 Å². The Kier molecular flexibility index (Phi) is 8.69. The van der Waals surface area contributed by atoms with Gasteiger partial charge in [-0.2, -0.15) is 0 Å². The maximum Gasteiger partial charge on any atom is 0.247 e. The van der Waals surface area contributed by atoms with Gasteiger partial charge in [-0.15, -0.1) is 12.4 Å². The second-order valence-electron chi connectivity index (χ2n) is 7.50. The number of benzene rings is 2. The Morgan fingerprint density at radius 3 is 2.60 bits per heavy atom. The third kappa shape index (κ3) is 5.74. The second-order valence-corrected chi connectivity index (χ2v) is 7.50. The van der Waals surface area contributed by atoms with Gasteiger partial charge in [-0.3, -0.25) is 9.59 Å². The molecule has 0 radical (unpaired) electrons. The quantitative estimate of drug-likeness (QED) is 0.628. The van der Waals surface area contributed by atoms with Crippen molar-refractivity contribution in [2.75, 3.05) is 12.4 Å². The van der Waals surface area contributed by atoms with Gasteiger partial charge in [-0.05, 0) is 35.6 Å². The summed E-state index contributed by atoms with van der Waals surface area (Å²) in [6, 6.07) is 14.3. The van der Waals surface area contributed by atoms with Crippen LogP contribution in [0.4, 0.5) is 5.69 Å². The molecule has 30 heavy (non-hydrogen) atoms. The second kappa shape index (κ2) is 11.0. The number of nitrogens with one attached hydrogen (secondary N) is 3. The van der Waals surface area contributed by atoms with E-state index in [1.54, 1.807) is 19.2 Å². The largest absolute Gasteiger partial charge is 0.497 e. The van der Waals surface area contributed by atoms with Crippen molar-refractivity contribution < 1.29 is 14.3 Å². The maximum absolute atomic E-state index is 12.9. The third-order valence-corrected chi connectivity index (χ3v) is 5.53.